The van der Waals surface area contributed by atoms with Crippen LogP contribution in [0.1, 0.15) is 43.4 Å². The molecule has 0 aliphatic carbocycles. The number of benzene rings is 1. The lowest BCUT2D eigenvalue weighted by Gasteiger charge is -2.18. The Morgan fingerprint density at radius 3 is 2.50 bits per heavy atom. The summed E-state index contributed by atoms with van der Waals surface area (Å²) >= 11 is 0. The van der Waals surface area contributed by atoms with E-state index in [0.29, 0.717) is 12.5 Å². The molecular formula is C21H29N3O2. The van der Waals surface area contributed by atoms with E-state index in [-0.39, 0.29) is 5.91 Å². The molecule has 2 aromatic rings. The highest BCUT2D eigenvalue weighted by Crippen LogP contribution is 2.25. The van der Waals surface area contributed by atoms with Crippen LogP contribution in [-0.2, 0) is 11.3 Å². The van der Waals surface area contributed by atoms with E-state index in [1.165, 1.54) is 5.56 Å². The zero-order valence-electron chi connectivity index (χ0n) is 16.5. The molecule has 0 bridgehead atoms. The standard InChI is InChI=1S/C21H29N3O2/c1-14(2)18-9-7-15(3)19(11-18)26-16(4)21(25)23-13-17-8-10-20(22-12-17)24(5)6/h7-12,14,16H,13H2,1-6H3,(H,23,25). The molecule has 1 amide bonds. The molecule has 0 spiro atoms. The van der Waals surface area contributed by atoms with Crippen molar-refractivity contribution in [3.63, 3.8) is 0 Å². The summed E-state index contributed by atoms with van der Waals surface area (Å²) in [7, 11) is 3.89. The van der Waals surface area contributed by atoms with Gasteiger partial charge in [-0.1, -0.05) is 32.0 Å². The van der Waals surface area contributed by atoms with Crippen molar-refractivity contribution in [1.82, 2.24) is 10.3 Å². The van der Waals surface area contributed by atoms with Gasteiger partial charge in [-0.2, -0.15) is 0 Å². The van der Waals surface area contributed by atoms with Crippen molar-refractivity contribution in [2.24, 2.45) is 0 Å². The normalized spacial score (nSPS) is 12.0. The van der Waals surface area contributed by atoms with Gasteiger partial charge in [-0.3, -0.25) is 4.79 Å². The van der Waals surface area contributed by atoms with Crippen molar-refractivity contribution < 1.29 is 9.53 Å². The molecule has 0 fully saturated rings. The molecule has 5 nitrogen and oxygen atoms in total. The minimum absolute atomic E-state index is 0.143. The number of carbonyl (C=O) groups excluding carboxylic acids is 1. The summed E-state index contributed by atoms with van der Waals surface area (Å²) < 4.78 is 5.90. The van der Waals surface area contributed by atoms with E-state index in [1.807, 2.05) is 50.2 Å². The van der Waals surface area contributed by atoms with Crippen LogP contribution in [0.3, 0.4) is 0 Å². The molecule has 0 saturated heterocycles. The molecule has 140 valence electrons. The summed E-state index contributed by atoms with van der Waals surface area (Å²) in [4.78, 5) is 18.6. The number of amides is 1. The number of rotatable bonds is 7. The van der Waals surface area contributed by atoms with Gasteiger partial charge in [0.25, 0.3) is 5.91 Å². The lowest BCUT2D eigenvalue weighted by molar-refractivity contribution is -0.127. The summed E-state index contributed by atoms with van der Waals surface area (Å²) in [6, 6.07) is 10.1. The number of anilines is 1. The maximum absolute atomic E-state index is 12.4. The van der Waals surface area contributed by atoms with Crippen LogP contribution in [-0.4, -0.2) is 31.1 Å². The van der Waals surface area contributed by atoms with Crippen LogP contribution in [0.5, 0.6) is 5.75 Å². The van der Waals surface area contributed by atoms with Gasteiger partial charge < -0.3 is 15.0 Å². The van der Waals surface area contributed by atoms with E-state index in [0.717, 1.165) is 22.7 Å². The van der Waals surface area contributed by atoms with Crippen molar-refractivity contribution >= 4 is 11.7 Å². The maximum atomic E-state index is 12.4. The summed E-state index contributed by atoms with van der Waals surface area (Å²) in [5, 5.41) is 2.91. The Kier molecular flexibility index (Phi) is 6.61. The van der Waals surface area contributed by atoms with Gasteiger partial charge in [-0.25, -0.2) is 4.98 Å². The molecule has 2 rings (SSSR count). The Hall–Kier alpha value is -2.56. The Morgan fingerprint density at radius 2 is 1.92 bits per heavy atom. The second kappa shape index (κ2) is 8.70. The fraction of sp³-hybridized carbons (Fsp3) is 0.429. The zero-order valence-corrected chi connectivity index (χ0v) is 16.5. The lowest BCUT2D eigenvalue weighted by atomic mass is 10.0. The van der Waals surface area contributed by atoms with Crippen LogP contribution >= 0.6 is 0 Å². The molecular weight excluding hydrogens is 326 g/mol. The average Bonchev–Trinajstić information content (AvgIpc) is 2.61. The molecule has 1 heterocycles. The SMILES string of the molecule is Cc1ccc(C(C)C)cc1OC(C)C(=O)NCc1ccc(N(C)C)nc1. The number of hydrogen-bond acceptors (Lipinski definition) is 4. The molecule has 0 aliphatic heterocycles. The lowest BCUT2D eigenvalue weighted by Crippen LogP contribution is -2.36. The Bertz CT molecular complexity index is 739. The largest absolute Gasteiger partial charge is 0.481 e. The third-order valence-corrected chi connectivity index (χ3v) is 4.29. The van der Waals surface area contributed by atoms with Gasteiger partial charge in [0, 0.05) is 26.8 Å². The third kappa shape index (κ3) is 5.22. The van der Waals surface area contributed by atoms with E-state index in [4.69, 9.17) is 4.74 Å². The van der Waals surface area contributed by atoms with E-state index in [1.54, 1.807) is 13.1 Å². The first kappa shape index (κ1) is 19.8. The van der Waals surface area contributed by atoms with E-state index < -0.39 is 6.10 Å². The minimum atomic E-state index is -0.565. The number of ether oxygens (including phenoxy) is 1. The number of pyridine rings is 1. The van der Waals surface area contributed by atoms with E-state index >= 15 is 0 Å². The second-order valence-electron chi connectivity index (χ2n) is 7.08. The van der Waals surface area contributed by atoms with Gasteiger partial charge in [0.05, 0.1) is 0 Å². The third-order valence-electron chi connectivity index (χ3n) is 4.29. The van der Waals surface area contributed by atoms with Gasteiger partial charge >= 0.3 is 0 Å². The number of nitrogens with one attached hydrogen (secondary N) is 1. The number of hydrogen-bond donors (Lipinski definition) is 1. The smallest absolute Gasteiger partial charge is 0.261 e. The molecule has 1 unspecified atom stereocenters. The topological polar surface area (TPSA) is 54.5 Å². The first-order valence-electron chi connectivity index (χ1n) is 8.95. The summed E-state index contributed by atoms with van der Waals surface area (Å²) in [5.74, 6) is 1.92. The van der Waals surface area contributed by atoms with Crippen molar-refractivity contribution in [2.45, 2.75) is 46.3 Å². The van der Waals surface area contributed by atoms with Crippen LogP contribution < -0.4 is 15.0 Å². The van der Waals surface area contributed by atoms with Crippen molar-refractivity contribution in [3.05, 3.63) is 53.2 Å². The summed E-state index contributed by atoms with van der Waals surface area (Å²) in [6.07, 6.45) is 1.21. The highest BCUT2D eigenvalue weighted by atomic mass is 16.5. The summed E-state index contributed by atoms with van der Waals surface area (Å²) in [5.41, 5.74) is 3.18. The quantitative estimate of drug-likeness (QED) is 0.823. The molecule has 1 N–H and O–H groups in total. The van der Waals surface area contributed by atoms with Gasteiger partial charge in [0.1, 0.15) is 11.6 Å². The predicted molar refractivity (Wildman–Crippen MR) is 106 cm³/mol. The first-order valence-corrected chi connectivity index (χ1v) is 8.95. The molecule has 1 atom stereocenters. The molecule has 5 heteroatoms. The van der Waals surface area contributed by atoms with Crippen molar-refractivity contribution in [3.8, 4) is 5.75 Å². The van der Waals surface area contributed by atoms with Crippen LogP contribution in [0, 0.1) is 6.92 Å². The van der Waals surface area contributed by atoms with Gasteiger partial charge in [-0.15, -0.1) is 0 Å². The Morgan fingerprint density at radius 1 is 1.19 bits per heavy atom. The highest BCUT2D eigenvalue weighted by molar-refractivity contribution is 5.80. The van der Waals surface area contributed by atoms with Crippen LogP contribution in [0.2, 0.25) is 0 Å². The average molecular weight is 355 g/mol. The molecule has 1 aromatic heterocycles. The number of aryl methyl sites for hydroxylation is 1. The van der Waals surface area contributed by atoms with Crippen molar-refractivity contribution in [2.75, 3.05) is 19.0 Å². The maximum Gasteiger partial charge on any atom is 0.261 e. The molecule has 0 radical (unpaired) electrons. The van der Waals surface area contributed by atoms with E-state index in [2.05, 4.69) is 30.2 Å². The number of nitrogens with zero attached hydrogens (tertiary/aromatic N) is 2. The fourth-order valence-electron chi connectivity index (χ4n) is 2.47. The summed E-state index contributed by atoms with van der Waals surface area (Å²) in [6.45, 7) is 8.46. The van der Waals surface area contributed by atoms with Crippen molar-refractivity contribution in [1.29, 1.82) is 0 Å². The van der Waals surface area contributed by atoms with Gasteiger partial charge in [-0.05, 0) is 48.6 Å². The predicted octanol–water partition coefficient (Wildman–Crippen LogP) is 3.66. The monoisotopic (exact) mass is 355 g/mol. The first-order chi connectivity index (χ1) is 12.3. The van der Waals surface area contributed by atoms with Gasteiger partial charge in [0.2, 0.25) is 0 Å². The molecule has 26 heavy (non-hydrogen) atoms. The minimum Gasteiger partial charge on any atom is -0.481 e. The van der Waals surface area contributed by atoms with Crippen LogP contribution in [0.4, 0.5) is 5.82 Å². The highest BCUT2D eigenvalue weighted by Gasteiger charge is 2.16. The van der Waals surface area contributed by atoms with Crippen LogP contribution in [0.25, 0.3) is 0 Å². The zero-order chi connectivity index (χ0) is 19.3. The van der Waals surface area contributed by atoms with E-state index in [9.17, 15) is 4.79 Å². The Balaban J connectivity index is 1.94. The molecule has 0 saturated carbocycles. The Labute approximate surface area is 156 Å². The van der Waals surface area contributed by atoms with Crippen LogP contribution in [0.15, 0.2) is 36.5 Å². The van der Waals surface area contributed by atoms with Gasteiger partial charge in [0.15, 0.2) is 6.10 Å². The second-order valence-corrected chi connectivity index (χ2v) is 7.08. The number of aromatic nitrogens is 1. The molecule has 1 aromatic carbocycles. The number of carbonyl (C=O) groups is 1. The fourth-order valence-corrected chi connectivity index (χ4v) is 2.47. The molecule has 0 aliphatic rings.